The van der Waals surface area contributed by atoms with E-state index in [0.717, 1.165) is 28.2 Å². The van der Waals surface area contributed by atoms with E-state index in [0.29, 0.717) is 43.3 Å². The van der Waals surface area contributed by atoms with Gasteiger partial charge in [0, 0.05) is 24.9 Å². The number of imidazole rings is 1. The minimum Gasteiger partial charge on any atom is -0.497 e. The lowest BCUT2D eigenvalue weighted by atomic mass is 10.1. The number of amides is 1. The number of rotatable bonds is 8. The van der Waals surface area contributed by atoms with Crippen LogP contribution >= 0.6 is 0 Å². The number of aromatic nitrogens is 2. The molecule has 1 fully saturated rings. The van der Waals surface area contributed by atoms with Crippen molar-refractivity contribution in [1.82, 2.24) is 9.55 Å². The van der Waals surface area contributed by atoms with E-state index < -0.39 is 0 Å². The molecule has 0 aliphatic carbocycles. The molecule has 1 aliphatic heterocycles. The van der Waals surface area contributed by atoms with E-state index in [-0.39, 0.29) is 11.8 Å². The Kier molecular flexibility index (Phi) is 6.55. The number of hydrogen-bond acceptors (Lipinski definition) is 5. The monoisotopic (exact) mass is 485 g/mol. The van der Waals surface area contributed by atoms with Gasteiger partial charge in [-0.25, -0.2) is 4.98 Å². The Hall–Kier alpha value is -4.00. The minimum absolute atomic E-state index is 0.0387. The maximum Gasteiger partial charge on any atom is 0.227 e. The molecule has 7 nitrogen and oxygen atoms in total. The molecule has 186 valence electrons. The third-order valence-corrected chi connectivity index (χ3v) is 6.77. The average Bonchev–Trinajstić information content (AvgIpc) is 3.46. The third-order valence-electron chi connectivity index (χ3n) is 6.77. The SMILES string of the molecule is COc1ccc(OC)c(N2C[C@@H](c3nc4ccccc4n3CCOc3cc(C)ccc3C)CC2=O)c1. The van der Waals surface area contributed by atoms with Gasteiger partial charge in [-0.2, -0.15) is 0 Å². The van der Waals surface area contributed by atoms with Crippen molar-refractivity contribution >= 4 is 22.6 Å². The molecule has 0 spiro atoms. The average molecular weight is 486 g/mol. The van der Waals surface area contributed by atoms with Crippen molar-refractivity contribution in [2.45, 2.75) is 32.7 Å². The minimum atomic E-state index is -0.0542. The Morgan fingerprint density at radius 1 is 0.972 bits per heavy atom. The number of fused-ring (bicyclic) bond motifs is 1. The molecule has 5 rings (SSSR count). The maximum atomic E-state index is 13.2. The molecule has 1 aromatic heterocycles. The quantitative estimate of drug-likeness (QED) is 0.340. The summed E-state index contributed by atoms with van der Waals surface area (Å²) in [5.74, 6) is 3.10. The Labute approximate surface area is 211 Å². The Balaban J connectivity index is 1.43. The summed E-state index contributed by atoms with van der Waals surface area (Å²) >= 11 is 0. The van der Waals surface area contributed by atoms with Crippen molar-refractivity contribution in [3.63, 3.8) is 0 Å². The number of ether oxygens (including phenoxy) is 3. The van der Waals surface area contributed by atoms with Crippen LogP contribution in [0.1, 0.15) is 29.3 Å². The highest BCUT2D eigenvalue weighted by molar-refractivity contribution is 5.98. The molecule has 0 saturated carbocycles. The van der Waals surface area contributed by atoms with Gasteiger partial charge in [-0.15, -0.1) is 0 Å². The predicted octanol–water partition coefficient (Wildman–Crippen LogP) is 5.27. The van der Waals surface area contributed by atoms with E-state index in [9.17, 15) is 4.79 Å². The molecule has 3 aromatic carbocycles. The molecule has 0 N–H and O–H groups in total. The van der Waals surface area contributed by atoms with Crippen LogP contribution in [-0.4, -0.2) is 42.8 Å². The van der Waals surface area contributed by atoms with Gasteiger partial charge in [0.05, 0.1) is 37.5 Å². The van der Waals surface area contributed by atoms with Crippen LogP contribution < -0.4 is 19.1 Å². The van der Waals surface area contributed by atoms with Crippen LogP contribution in [0.15, 0.2) is 60.7 Å². The fourth-order valence-electron chi connectivity index (χ4n) is 4.87. The number of carbonyl (C=O) groups excluding carboxylic acids is 1. The molecule has 36 heavy (non-hydrogen) atoms. The number of benzene rings is 3. The summed E-state index contributed by atoms with van der Waals surface area (Å²) < 4.78 is 19.3. The summed E-state index contributed by atoms with van der Waals surface area (Å²) in [5.41, 5.74) is 4.96. The van der Waals surface area contributed by atoms with Gasteiger partial charge in [0.25, 0.3) is 0 Å². The van der Waals surface area contributed by atoms with Crippen molar-refractivity contribution in [3.8, 4) is 17.2 Å². The number of para-hydroxylation sites is 2. The summed E-state index contributed by atoms with van der Waals surface area (Å²) in [6.45, 7) is 5.78. The zero-order valence-electron chi connectivity index (χ0n) is 21.2. The van der Waals surface area contributed by atoms with Crippen LogP contribution in [0, 0.1) is 13.8 Å². The third kappa shape index (κ3) is 4.49. The Bertz CT molecular complexity index is 1410. The molecule has 0 radical (unpaired) electrons. The first-order valence-electron chi connectivity index (χ1n) is 12.2. The van der Waals surface area contributed by atoms with Crippen LogP contribution in [0.2, 0.25) is 0 Å². The van der Waals surface area contributed by atoms with Crippen LogP contribution in [0.3, 0.4) is 0 Å². The van der Waals surface area contributed by atoms with Gasteiger partial charge in [-0.3, -0.25) is 4.79 Å². The highest BCUT2D eigenvalue weighted by Crippen LogP contribution is 2.39. The van der Waals surface area contributed by atoms with Crippen LogP contribution in [0.5, 0.6) is 17.2 Å². The smallest absolute Gasteiger partial charge is 0.227 e. The summed E-state index contributed by atoms with van der Waals surface area (Å²) in [7, 11) is 3.22. The number of carbonyl (C=O) groups is 1. The van der Waals surface area contributed by atoms with E-state index in [1.54, 1.807) is 19.1 Å². The first-order chi connectivity index (χ1) is 17.5. The van der Waals surface area contributed by atoms with Gasteiger partial charge in [0.15, 0.2) is 0 Å². The predicted molar refractivity (Wildman–Crippen MR) is 140 cm³/mol. The zero-order valence-corrected chi connectivity index (χ0v) is 21.2. The van der Waals surface area contributed by atoms with Crippen LogP contribution in [0.4, 0.5) is 5.69 Å². The molecule has 0 bridgehead atoms. The molecule has 0 unspecified atom stereocenters. The van der Waals surface area contributed by atoms with Gasteiger partial charge < -0.3 is 23.7 Å². The Morgan fingerprint density at radius 3 is 2.61 bits per heavy atom. The molecular weight excluding hydrogens is 454 g/mol. The van der Waals surface area contributed by atoms with Gasteiger partial charge in [0.2, 0.25) is 5.91 Å². The van der Waals surface area contributed by atoms with Crippen LogP contribution in [0.25, 0.3) is 11.0 Å². The van der Waals surface area contributed by atoms with Gasteiger partial charge in [0.1, 0.15) is 29.7 Å². The van der Waals surface area contributed by atoms with E-state index in [1.165, 1.54) is 5.56 Å². The largest absolute Gasteiger partial charge is 0.497 e. The number of nitrogens with zero attached hydrogens (tertiary/aromatic N) is 3. The second-order valence-electron chi connectivity index (χ2n) is 9.17. The first kappa shape index (κ1) is 23.7. The number of hydrogen-bond donors (Lipinski definition) is 0. The van der Waals surface area contributed by atoms with Crippen molar-refractivity contribution in [2.24, 2.45) is 0 Å². The molecule has 2 heterocycles. The van der Waals surface area contributed by atoms with Gasteiger partial charge >= 0.3 is 0 Å². The standard InChI is InChI=1S/C29H31N3O4/c1-19-9-10-20(2)27(15-19)36-14-13-31-24-8-6-5-7-23(24)30-29(31)21-16-28(33)32(18-21)25-17-22(34-3)11-12-26(25)35-4/h5-12,15,17,21H,13-14,16,18H2,1-4H3/t21-/m0/s1. The highest BCUT2D eigenvalue weighted by Gasteiger charge is 2.36. The lowest BCUT2D eigenvalue weighted by Crippen LogP contribution is -2.25. The molecule has 1 amide bonds. The van der Waals surface area contributed by atoms with Gasteiger partial charge in [-0.1, -0.05) is 24.3 Å². The zero-order chi connectivity index (χ0) is 25.2. The Morgan fingerprint density at radius 2 is 1.81 bits per heavy atom. The molecule has 7 heteroatoms. The topological polar surface area (TPSA) is 65.8 Å². The fraction of sp³-hybridized carbons (Fsp3) is 0.310. The first-order valence-corrected chi connectivity index (χ1v) is 12.2. The fourth-order valence-corrected chi connectivity index (χ4v) is 4.87. The van der Waals surface area contributed by atoms with Crippen LogP contribution in [-0.2, 0) is 11.3 Å². The number of anilines is 1. The lowest BCUT2D eigenvalue weighted by Gasteiger charge is -2.20. The van der Waals surface area contributed by atoms with Gasteiger partial charge in [-0.05, 0) is 55.3 Å². The summed E-state index contributed by atoms with van der Waals surface area (Å²) in [6, 6.07) is 19.8. The van der Waals surface area contributed by atoms with Crippen molar-refractivity contribution in [2.75, 3.05) is 32.3 Å². The highest BCUT2D eigenvalue weighted by atomic mass is 16.5. The molecule has 4 aromatic rings. The second kappa shape index (κ2) is 9.93. The van der Waals surface area contributed by atoms with E-state index >= 15 is 0 Å². The van der Waals surface area contributed by atoms with Crippen molar-refractivity contribution in [3.05, 3.63) is 77.6 Å². The van der Waals surface area contributed by atoms with E-state index in [2.05, 4.69) is 42.7 Å². The number of methoxy groups -OCH3 is 2. The maximum absolute atomic E-state index is 13.2. The molecular formula is C29H31N3O4. The summed E-state index contributed by atoms with van der Waals surface area (Å²) in [6.07, 6.45) is 0.377. The van der Waals surface area contributed by atoms with Crippen molar-refractivity contribution in [1.29, 1.82) is 0 Å². The normalized spacial score (nSPS) is 15.5. The second-order valence-corrected chi connectivity index (χ2v) is 9.17. The summed E-state index contributed by atoms with van der Waals surface area (Å²) in [4.78, 5) is 19.9. The number of aryl methyl sites for hydroxylation is 2. The summed E-state index contributed by atoms with van der Waals surface area (Å²) in [5, 5.41) is 0. The molecule has 1 atom stereocenters. The molecule has 1 aliphatic rings. The molecule has 1 saturated heterocycles. The van der Waals surface area contributed by atoms with E-state index in [1.807, 2.05) is 36.4 Å². The van der Waals surface area contributed by atoms with E-state index in [4.69, 9.17) is 19.2 Å². The lowest BCUT2D eigenvalue weighted by molar-refractivity contribution is -0.117. The van der Waals surface area contributed by atoms with Crippen molar-refractivity contribution < 1.29 is 19.0 Å².